The number of rotatable bonds is 12. The van der Waals surface area contributed by atoms with Crippen LogP contribution in [-0.2, 0) is 17.9 Å². The van der Waals surface area contributed by atoms with E-state index >= 15 is 0 Å². The van der Waals surface area contributed by atoms with Gasteiger partial charge < -0.3 is 5.32 Å². The molecule has 1 amide bonds. The minimum atomic E-state index is -0.316. The normalized spacial score (nSPS) is 15.3. The van der Waals surface area contributed by atoms with Gasteiger partial charge in [-0.15, -0.1) is 0 Å². The van der Waals surface area contributed by atoms with E-state index in [1.165, 1.54) is 11.8 Å². The molecule has 1 unspecified atom stereocenters. The Morgan fingerprint density at radius 2 is 1.89 bits per heavy atom. The first kappa shape index (κ1) is 28.7. The van der Waals surface area contributed by atoms with E-state index in [-0.39, 0.29) is 17.0 Å². The van der Waals surface area contributed by atoms with Crippen LogP contribution in [0, 0.1) is 24.2 Å². The van der Waals surface area contributed by atoms with Gasteiger partial charge in [0.05, 0.1) is 4.91 Å². The molecule has 0 bridgehead atoms. The van der Waals surface area contributed by atoms with Crippen LogP contribution in [0.4, 0.5) is 5.82 Å². The lowest BCUT2D eigenvalue weighted by atomic mass is 9.99. The SMILES string of the molecule is CCCCC(CC)CN1C(=O)/C(=C\c2c(C)c(C#N)c(=O)n(CCC)c2NCc2ccccc2)SC1=S. The molecule has 0 spiro atoms. The maximum absolute atomic E-state index is 13.5. The number of benzene rings is 1. The number of anilines is 1. The maximum atomic E-state index is 13.5. The molecule has 8 heteroatoms. The van der Waals surface area contributed by atoms with Crippen LogP contribution in [-0.4, -0.2) is 26.2 Å². The van der Waals surface area contributed by atoms with Crippen molar-refractivity contribution in [1.82, 2.24) is 9.47 Å². The summed E-state index contributed by atoms with van der Waals surface area (Å²) in [6.45, 7) is 9.68. The van der Waals surface area contributed by atoms with Gasteiger partial charge in [0.25, 0.3) is 11.5 Å². The second kappa shape index (κ2) is 13.6. The van der Waals surface area contributed by atoms with Gasteiger partial charge in [-0.05, 0) is 42.9 Å². The van der Waals surface area contributed by atoms with Crippen molar-refractivity contribution < 1.29 is 4.79 Å². The fourth-order valence-electron chi connectivity index (χ4n) is 4.54. The van der Waals surface area contributed by atoms with Crippen molar-refractivity contribution in [3.63, 3.8) is 0 Å². The summed E-state index contributed by atoms with van der Waals surface area (Å²) in [7, 11) is 0. The third kappa shape index (κ3) is 6.71. The Labute approximate surface area is 229 Å². The number of aromatic nitrogens is 1. The van der Waals surface area contributed by atoms with Crippen molar-refractivity contribution in [2.75, 3.05) is 11.9 Å². The summed E-state index contributed by atoms with van der Waals surface area (Å²) < 4.78 is 2.18. The number of hydrogen-bond acceptors (Lipinski definition) is 6. The third-order valence-electron chi connectivity index (χ3n) is 6.76. The van der Waals surface area contributed by atoms with Crippen molar-refractivity contribution >= 4 is 46.1 Å². The van der Waals surface area contributed by atoms with E-state index in [2.05, 4.69) is 25.2 Å². The average Bonchev–Trinajstić information content (AvgIpc) is 3.16. The zero-order chi connectivity index (χ0) is 26.9. The zero-order valence-corrected chi connectivity index (χ0v) is 23.8. The number of amides is 1. The number of nitrogens with one attached hydrogen (secondary N) is 1. The largest absolute Gasteiger partial charge is 0.367 e. The van der Waals surface area contributed by atoms with Crippen molar-refractivity contribution in [1.29, 1.82) is 5.26 Å². The monoisotopic (exact) mass is 536 g/mol. The number of nitriles is 1. The molecule has 1 aromatic heterocycles. The van der Waals surface area contributed by atoms with Gasteiger partial charge in [-0.3, -0.25) is 19.1 Å². The van der Waals surface area contributed by atoms with E-state index in [0.717, 1.165) is 37.7 Å². The summed E-state index contributed by atoms with van der Waals surface area (Å²) in [4.78, 5) is 28.9. The van der Waals surface area contributed by atoms with Gasteiger partial charge in [0, 0.05) is 25.2 Å². The maximum Gasteiger partial charge on any atom is 0.270 e. The molecular weight excluding hydrogens is 500 g/mol. The smallest absolute Gasteiger partial charge is 0.270 e. The van der Waals surface area contributed by atoms with Crippen LogP contribution in [0.5, 0.6) is 0 Å². The fraction of sp³-hybridized carbons (Fsp3) is 0.448. The van der Waals surface area contributed by atoms with E-state index in [0.29, 0.717) is 51.7 Å². The average molecular weight is 537 g/mol. The lowest BCUT2D eigenvalue weighted by molar-refractivity contribution is -0.122. The lowest BCUT2D eigenvalue weighted by Crippen LogP contribution is -2.33. The minimum absolute atomic E-state index is 0.103. The number of unbranched alkanes of at least 4 members (excludes halogenated alkanes) is 1. The lowest BCUT2D eigenvalue weighted by Gasteiger charge is -2.22. The molecule has 1 atom stereocenters. The Bertz CT molecular complexity index is 1260. The van der Waals surface area contributed by atoms with Gasteiger partial charge in [0.1, 0.15) is 21.8 Å². The Morgan fingerprint density at radius 1 is 1.16 bits per heavy atom. The molecule has 3 rings (SSSR count). The second-order valence-corrected chi connectivity index (χ2v) is 11.1. The predicted molar refractivity (Wildman–Crippen MR) is 157 cm³/mol. The Hall–Kier alpha value is -2.89. The molecule has 37 heavy (non-hydrogen) atoms. The summed E-state index contributed by atoms with van der Waals surface area (Å²) in [5, 5.41) is 13.2. The molecule has 1 saturated heterocycles. The molecular formula is C29H36N4O2S2. The van der Waals surface area contributed by atoms with Crippen LogP contribution in [0.1, 0.15) is 75.1 Å². The van der Waals surface area contributed by atoms with E-state index in [1.807, 2.05) is 37.3 Å². The van der Waals surface area contributed by atoms with Crippen LogP contribution in [0.15, 0.2) is 40.0 Å². The van der Waals surface area contributed by atoms with Crippen LogP contribution in [0.3, 0.4) is 0 Å². The van der Waals surface area contributed by atoms with Crippen LogP contribution >= 0.6 is 24.0 Å². The molecule has 0 aliphatic carbocycles. The second-order valence-electron chi connectivity index (χ2n) is 9.38. The minimum Gasteiger partial charge on any atom is -0.367 e. The molecule has 0 saturated carbocycles. The highest BCUT2D eigenvalue weighted by Crippen LogP contribution is 2.36. The molecule has 1 fully saturated rings. The molecule has 0 radical (unpaired) electrons. The number of carbonyl (C=O) groups excluding carboxylic acids is 1. The molecule has 196 valence electrons. The van der Waals surface area contributed by atoms with E-state index in [1.54, 1.807) is 22.5 Å². The highest BCUT2D eigenvalue weighted by atomic mass is 32.2. The van der Waals surface area contributed by atoms with Crippen LogP contribution < -0.4 is 10.9 Å². The first-order chi connectivity index (χ1) is 17.9. The highest BCUT2D eigenvalue weighted by Gasteiger charge is 2.34. The third-order valence-corrected chi connectivity index (χ3v) is 8.14. The van der Waals surface area contributed by atoms with Crippen LogP contribution in [0.2, 0.25) is 0 Å². The summed E-state index contributed by atoms with van der Waals surface area (Å²) in [5.74, 6) is 0.917. The van der Waals surface area contributed by atoms with Gasteiger partial charge >= 0.3 is 0 Å². The summed E-state index contributed by atoms with van der Waals surface area (Å²) >= 11 is 6.90. The van der Waals surface area contributed by atoms with Gasteiger partial charge in [0.15, 0.2) is 0 Å². The highest BCUT2D eigenvalue weighted by molar-refractivity contribution is 8.26. The molecule has 1 aromatic carbocycles. The first-order valence-electron chi connectivity index (χ1n) is 13.1. The van der Waals surface area contributed by atoms with Crippen molar-refractivity contribution in [3.8, 4) is 6.07 Å². The number of nitrogens with zero attached hydrogens (tertiary/aromatic N) is 3. The number of thiocarbonyl (C=S) groups is 1. The number of pyridine rings is 1. The molecule has 2 aromatic rings. The van der Waals surface area contributed by atoms with Crippen molar-refractivity contribution in [3.05, 3.63) is 67.8 Å². The number of thioether (sulfide) groups is 1. The van der Waals surface area contributed by atoms with Gasteiger partial charge in [-0.1, -0.05) is 94.3 Å². The summed E-state index contributed by atoms with van der Waals surface area (Å²) in [5.41, 5.74) is 2.10. The molecule has 1 aliphatic rings. The summed E-state index contributed by atoms with van der Waals surface area (Å²) in [6, 6.07) is 12.0. The molecule has 6 nitrogen and oxygen atoms in total. The van der Waals surface area contributed by atoms with Gasteiger partial charge in [-0.25, -0.2) is 0 Å². The first-order valence-corrected chi connectivity index (χ1v) is 14.3. The van der Waals surface area contributed by atoms with E-state index in [9.17, 15) is 14.9 Å². The van der Waals surface area contributed by atoms with Crippen LogP contribution in [0.25, 0.3) is 6.08 Å². The fourth-order valence-corrected chi connectivity index (χ4v) is 5.79. The molecule has 1 N–H and O–H groups in total. The van der Waals surface area contributed by atoms with Gasteiger partial charge in [-0.2, -0.15) is 5.26 Å². The Balaban J connectivity index is 2.05. The number of carbonyl (C=O) groups is 1. The Kier molecular flexibility index (Phi) is 10.5. The quantitative estimate of drug-likeness (QED) is 0.247. The summed E-state index contributed by atoms with van der Waals surface area (Å²) in [6.07, 6.45) is 6.86. The van der Waals surface area contributed by atoms with Crippen molar-refractivity contribution in [2.45, 2.75) is 72.9 Å². The molecule has 1 aliphatic heterocycles. The standard InChI is InChI=1S/C29H36N4O2S2/c1-5-8-12-21(7-3)19-33-28(35)25(37-29(33)36)16-23-20(4)24(17-30)27(34)32(15-6-2)26(23)31-18-22-13-10-9-11-14-22/h9-11,13-14,16,21,31H,5-8,12,15,18-19H2,1-4H3/b25-16+. The zero-order valence-electron chi connectivity index (χ0n) is 22.2. The van der Waals surface area contributed by atoms with E-state index in [4.69, 9.17) is 12.2 Å². The Morgan fingerprint density at radius 3 is 2.51 bits per heavy atom. The van der Waals surface area contributed by atoms with Crippen molar-refractivity contribution in [2.24, 2.45) is 5.92 Å². The molecule has 2 heterocycles. The number of hydrogen-bond donors (Lipinski definition) is 1. The predicted octanol–water partition coefficient (Wildman–Crippen LogP) is 6.47. The van der Waals surface area contributed by atoms with E-state index < -0.39 is 0 Å². The van der Waals surface area contributed by atoms with Gasteiger partial charge in [0.2, 0.25) is 0 Å². The topological polar surface area (TPSA) is 78.1 Å².